The van der Waals surface area contributed by atoms with E-state index >= 15 is 0 Å². The Bertz CT molecular complexity index is 2160. The Labute approximate surface area is 340 Å². The number of nitrogens with one attached hydrogen (secondary N) is 3. The fourth-order valence-corrected chi connectivity index (χ4v) is 10.4. The molecule has 14 nitrogen and oxygen atoms in total. The fourth-order valence-electron chi connectivity index (χ4n) is 9.07. The third-order valence-corrected chi connectivity index (χ3v) is 15.4. The summed E-state index contributed by atoms with van der Waals surface area (Å²) in [6, 6.07) is 3.77. The normalized spacial score (nSPS) is 30.2. The van der Waals surface area contributed by atoms with Crippen LogP contribution in [0.1, 0.15) is 128 Å². The van der Waals surface area contributed by atoms with E-state index in [9.17, 15) is 27.6 Å². The van der Waals surface area contributed by atoms with Crippen molar-refractivity contribution in [2.24, 2.45) is 5.92 Å². The molecule has 4 amide bonds. The molecule has 2 aromatic rings. The average Bonchev–Trinajstić information content (AvgIpc) is 4.03. The van der Waals surface area contributed by atoms with E-state index in [1.165, 1.54) is 4.90 Å². The van der Waals surface area contributed by atoms with Crippen molar-refractivity contribution in [3.63, 3.8) is 0 Å². The summed E-state index contributed by atoms with van der Waals surface area (Å²) in [6.45, 7) is 6.92. The van der Waals surface area contributed by atoms with Crippen LogP contribution in [0.25, 0.3) is 10.9 Å². The van der Waals surface area contributed by atoms with Gasteiger partial charge in [0.25, 0.3) is 5.91 Å². The molecule has 4 heterocycles. The molecule has 3 N–H and O–H groups in total. The second-order valence-corrected chi connectivity index (χ2v) is 20.9. The molecule has 6 aliphatic rings. The number of nitrogens with zero attached hydrogens (tertiary/aromatic N) is 2. The van der Waals surface area contributed by atoms with Crippen molar-refractivity contribution in [1.29, 1.82) is 0 Å². The van der Waals surface area contributed by atoms with Crippen molar-refractivity contribution in [3.8, 4) is 11.5 Å². The van der Waals surface area contributed by atoms with Crippen LogP contribution in [-0.2, 0) is 35.6 Å². The third-order valence-electron chi connectivity index (χ3n) is 13.2. The highest BCUT2D eigenvalue weighted by Gasteiger charge is 2.64. The molecule has 1 aromatic heterocycles. The number of allylic oxidation sites excluding steroid dienone is 1. The number of sulfonamides is 1. The number of ether oxygens (including phenoxy) is 3. The fraction of sp³-hybridized carbons (Fsp3) is 0.651. The van der Waals surface area contributed by atoms with Crippen LogP contribution >= 0.6 is 0 Å². The Hall–Kier alpha value is -4.40. The summed E-state index contributed by atoms with van der Waals surface area (Å²) in [7, 11) is -2.37. The third kappa shape index (κ3) is 7.63. The van der Waals surface area contributed by atoms with Crippen molar-refractivity contribution in [2.45, 2.75) is 157 Å². The lowest BCUT2D eigenvalue weighted by atomic mass is 9.79. The SMILES string of the molecule is COc1ccc2nc(C3CCC3)c3c(c2c1)CC[C@]1(C[C@H]2C(=O)N[C@]4(C(=O)NS(=O)(=O)C5(C)CC5)C[C@H]4/C=C\CCCCC[C@H](NC(=O)OC(C)(C)C)C(=O)N2C1)O3. The maximum absolute atomic E-state index is 14.9. The van der Waals surface area contributed by atoms with Crippen molar-refractivity contribution in [2.75, 3.05) is 13.7 Å². The lowest BCUT2D eigenvalue weighted by molar-refractivity contribution is -0.141. The van der Waals surface area contributed by atoms with Crippen molar-refractivity contribution < 1.29 is 41.8 Å². The van der Waals surface area contributed by atoms with Gasteiger partial charge in [-0.05, 0) is 110 Å². The quantitative estimate of drug-likeness (QED) is 0.317. The number of carbonyl (C=O) groups excluding carboxylic acids is 4. The summed E-state index contributed by atoms with van der Waals surface area (Å²) < 4.78 is 46.1. The topological polar surface area (TPSA) is 182 Å². The molecule has 3 aliphatic heterocycles. The van der Waals surface area contributed by atoms with Gasteiger partial charge in [-0.15, -0.1) is 0 Å². The van der Waals surface area contributed by atoms with E-state index in [0.29, 0.717) is 56.4 Å². The summed E-state index contributed by atoms with van der Waals surface area (Å²) in [4.78, 5) is 63.6. The zero-order chi connectivity index (χ0) is 41.3. The Morgan fingerprint density at radius 2 is 1.81 bits per heavy atom. The van der Waals surface area contributed by atoms with E-state index in [1.54, 1.807) is 34.8 Å². The first kappa shape index (κ1) is 40.4. The molecular weight excluding hydrogens is 763 g/mol. The van der Waals surface area contributed by atoms with E-state index < -0.39 is 73.3 Å². The number of carbonyl (C=O) groups is 4. The highest BCUT2D eigenvalue weighted by molar-refractivity contribution is 7.91. The average molecular weight is 820 g/mol. The molecule has 1 saturated heterocycles. The van der Waals surface area contributed by atoms with Gasteiger partial charge in [0.1, 0.15) is 40.3 Å². The van der Waals surface area contributed by atoms with Gasteiger partial charge in [0.05, 0.1) is 29.6 Å². The van der Waals surface area contributed by atoms with Gasteiger partial charge in [0.15, 0.2) is 0 Å². The van der Waals surface area contributed by atoms with Gasteiger partial charge in [0, 0.05) is 29.2 Å². The molecule has 5 atom stereocenters. The monoisotopic (exact) mass is 819 g/mol. The van der Waals surface area contributed by atoms with Gasteiger partial charge >= 0.3 is 6.09 Å². The second-order valence-electron chi connectivity index (χ2n) is 18.7. The summed E-state index contributed by atoms with van der Waals surface area (Å²) >= 11 is 0. The number of benzene rings is 1. The first-order valence-electron chi connectivity index (χ1n) is 21.0. The molecule has 0 unspecified atom stereocenters. The van der Waals surface area contributed by atoms with Crippen molar-refractivity contribution in [1.82, 2.24) is 25.2 Å². The van der Waals surface area contributed by atoms with Gasteiger partial charge < -0.3 is 29.7 Å². The molecule has 8 rings (SSSR count). The molecular formula is C43H57N5O9S. The number of hydrogen-bond acceptors (Lipinski definition) is 10. The van der Waals surface area contributed by atoms with Gasteiger partial charge in [-0.25, -0.2) is 18.2 Å². The first-order valence-corrected chi connectivity index (χ1v) is 22.5. The van der Waals surface area contributed by atoms with Crippen molar-refractivity contribution in [3.05, 3.63) is 41.6 Å². The van der Waals surface area contributed by atoms with Gasteiger partial charge in [-0.3, -0.25) is 19.1 Å². The Balaban J connectivity index is 1.16. The maximum Gasteiger partial charge on any atom is 0.408 e. The number of amides is 4. The molecule has 1 spiro atoms. The van der Waals surface area contributed by atoms with Gasteiger partial charge in [-0.1, -0.05) is 31.4 Å². The summed E-state index contributed by atoms with van der Waals surface area (Å²) in [5, 5.41) is 6.74. The number of rotatable bonds is 6. The molecule has 0 radical (unpaired) electrons. The Morgan fingerprint density at radius 3 is 2.50 bits per heavy atom. The molecule has 3 aliphatic carbocycles. The summed E-state index contributed by atoms with van der Waals surface area (Å²) in [5.41, 5.74) is -0.527. The molecule has 1 aromatic carbocycles. The predicted molar refractivity (Wildman–Crippen MR) is 216 cm³/mol. The zero-order valence-electron chi connectivity index (χ0n) is 34.3. The minimum absolute atomic E-state index is 0.0609. The minimum Gasteiger partial charge on any atom is -0.497 e. The Morgan fingerprint density at radius 1 is 1.03 bits per heavy atom. The molecule has 58 heavy (non-hydrogen) atoms. The molecule has 314 valence electrons. The lowest BCUT2D eigenvalue weighted by Crippen LogP contribution is -2.58. The van der Waals surface area contributed by atoms with Crippen LogP contribution in [0.2, 0.25) is 0 Å². The second kappa shape index (κ2) is 14.7. The van der Waals surface area contributed by atoms with Crippen LogP contribution in [0.15, 0.2) is 30.4 Å². The number of hydrogen-bond donors (Lipinski definition) is 3. The number of pyridine rings is 1. The number of aryl methyl sites for hydroxylation is 1. The number of aromatic nitrogens is 1. The zero-order valence-corrected chi connectivity index (χ0v) is 35.1. The number of methoxy groups -OCH3 is 1. The smallest absolute Gasteiger partial charge is 0.408 e. The molecule has 15 heteroatoms. The van der Waals surface area contributed by atoms with Crippen LogP contribution in [-0.4, -0.2) is 89.3 Å². The summed E-state index contributed by atoms with van der Waals surface area (Å²) in [5.74, 6) is -0.600. The molecule has 4 fully saturated rings. The van der Waals surface area contributed by atoms with Crippen LogP contribution in [0.3, 0.4) is 0 Å². The Kier molecular flexibility index (Phi) is 10.2. The highest BCUT2D eigenvalue weighted by Crippen LogP contribution is 2.51. The number of fused-ring (bicyclic) bond motifs is 5. The van der Waals surface area contributed by atoms with Gasteiger partial charge in [-0.2, -0.15) is 0 Å². The predicted octanol–water partition coefficient (Wildman–Crippen LogP) is 5.46. The molecule has 0 bridgehead atoms. The van der Waals surface area contributed by atoms with E-state index in [1.807, 2.05) is 30.4 Å². The maximum atomic E-state index is 14.9. The van der Waals surface area contributed by atoms with E-state index in [2.05, 4.69) is 15.4 Å². The standard InChI is InChI=1S/C43H57N5O9S/c1-40(2,3)57-39(52)45-32-15-10-8-6-7-9-14-27-23-43(27,38(51)47-58(53,54)41(4)20-21-41)46-36(49)33-24-42(25-48(33)37(32)50)19-18-29-30-22-28(55-5)16-17-31(30)44-34(35(29)56-42)26-12-11-13-26/h9,14,16-17,22,26-27,32-33H,6-8,10-13,15,18-21,23-25H2,1-5H3,(H,45,52)(H,46,49)(H,47,51)/b14-9-/t27-,32+,33+,42-,43-/m1/s1. The lowest BCUT2D eigenvalue weighted by Gasteiger charge is -2.39. The van der Waals surface area contributed by atoms with Crippen LogP contribution in [0, 0.1) is 5.92 Å². The van der Waals surface area contributed by atoms with Crippen LogP contribution in [0.4, 0.5) is 4.79 Å². The van der Waals surface area contributed by atoms with Crippen molar-refractivity contribution >= 4 is 44.7 Å². The first-order chi connectivity index (χ1) is 27.5. The van der Waals surface area contributed by atoms with Crippen LogP contribution in [0.5, 0.6) is 11.5 Å². The van der Waals surface area contributed by atoms with E-state index in [-0.39, 0.29) is 25.3 Å². The minimum atomic E-state index is -3.99. The van der Waals surface area contributed by atoms with E-state index in [4.69, 9.17) is 19.2 Å². The van der Waals surface area contributed by atoms with Gasteiger partial charge in [0.2, 0.25) is 21.8 Å². The van der Waals surface area contributed by atoms with Crippen LogP contribution < -0.4 is 24.8 Å². The highest BCUT2D eigenvalue weighted by atomic mass is 32.2. The summed E-state index contributed by atoms with van der Waals surface area (Å²) in [6.07, 6.45) is 11.8. The number of alkyl carbamates (subject to hydrolysis) is 1. The molecule has 3 saturated carbocycles. The largest absolute Gasteiger partial charge is 0.497 e. The van der Waals surface area contributed by atoms with E-state index in [0.717, 1.165) is 54.3 Å².